The summed E-state index contributed by atoms with van der Waals surface area (Å²) in [5, 5.41) is 6.94. The first-order valence-electron chi connectivity index (χ1n) is 8.28. The number of carbonyl (C=O) groups excluding carboxylic acids is 1. The van der Waals surface area contributed by atoms with E-state index in [0.29, 0.717) is 18.8 Å². The molecule has 0 unspecified atom stereocenters. The van der Waals surface area contributed by atoms with Crippen LogP contribution in [0.4, 0.5) is 0 Å². The normalized spacial score (nSPS) is 19.7. The molecule has 1 N–H and O–H groups in total. The Hall–Kier alpha value is -2.14. The number of hydrogen-bond acceptors (Lipinski definition) is 4. The predicted molar refractivity (Wildman–Crippen MR) is 84.3 cm³/mol. The van der Waals surface area contributed by atoms with Crippen molar-refractivity contribution in [1.29, 1.82) is 0 Å². The largest absolute Gasteiger partial charge is 0.371 e. The minimum absolute atomic E-state index is 0.0911. The van der Waals surface area contributed by atoms with Gasteiger partial charge in [0.15, 0.2) is 5.69 Å². The van der Waals surface area contributed by atoms with E-state index in [4.69, 9.17) is 9.26 Å². The summed E-state index contributed by atoms with van der Waals surface area (Å²) in [5.41, 5.74) is 3.90. The maximum atomic E-state index is 12.4. The highest BCUT2D eigenvalue weighted by atomic mass is 16.5. The number of ether oxygens (including phenoxy) is 1. The van der Waals surface area contributed by atoms with Gasteiger partial charge in [-0.1, -0.05) is 29.4 Å². The Morgan fingerprint density at radius 1 is 1.22 bits per heavy atom. The molecule has 1 aliphatic heterocycles. The predicted octanol–water partition coefficient (Wildman–Crippen LogP) is 2.60. The Kier molecular flexibility index (Phi) is 3.87. The maximum Gasteiger partial charge on any atom is 0.273 e. The van der Waals surface area contributed by atoms with Crippen LogP contribution in [-0.2, 0) is 24.0 Å². The molecule has 1 aromatic carbocycles. The van der Waals surface area contributed by atoms with Crippen LogP contribution < -0.4 is 5.32 Å². The van der Waals surface area contributed by atoms with Crippen LogP contribution in [0.25, 0.3) is 0 Å². The number of aromatic nitrogens is 1. The van der Waals surface area contributed by atoms with E-state index < -0.39 is 0 Å². The summed E-state index contributed by atoms with van der Waals surface area (Å²) in [6.45, 7) is 1.15. The lowest BCUT2D eigenvalue weighted by Gasteiger charge is -2.26. The van der Waals surface area contributed by atoms with Gasteiger partial charge in [-0.05, 0) is 36.8 Å². The summed E-state index contributed by atoms with van der Waals surface area (Å²) >= 11 is 0. The van der Waals surface area contributed by atoms with Gasteiger partial charge < -0.3 is 14.6 Å². The summed E-state index contributed by atoms with van der Waals surface area (Å²) in [7, 11) is 0. The molecule has 0 saturated heterocycles. The lowest BCUT2D eigenvalue weighted by atomic mass is 9.96. The third kappa shape index (κ3) is 2.77. The third-order valence-electron chi connectivity index (χ3n) is 4.71. The molecule has 0 bridgehead atoms. The van der Waals surface area contributed by atoms with Crippen LogP contribution in [0.2, 0.25) is 0 Å². The van der Waals surface area contributed by atoms with Crippen LogP contribution in [0, 0.1) is 0 Å². The minimum atomic E-state index is -0.163. The van der Waals surface area contributed by atoms with Gasteiger partial charge in [-0.15, -0.1) is 0 Å². The van der Waals surface area contributed by atoms with E-state index in [-0.39, 0.29) is 12.0 Å². The topological polar surface area (TPSA) is 64.4 Å². The molecule has 1 amide bonds. The van der Waals surface area contributed by atoms with Gasteiger partial charge in [0.1, 0.15) is 11.9 Å². The maximum absolute atomic E-state index is 12.4. The molecule has 4 rings (SSSR count). The number of rotatable bonds is 3. The number of aryl methyl sites for hydroxylation is 1. The van der Waals surface area contributed by atoms with Crippen molar-refractivity contribution in [2.75, 3.05) is 13.2 Å². The van der Waals surface area contributed by atoms with Gasteiger partial charge in [0.2, 0.25) is 0 Å². The molecule has 0 radical (unpaired) electrons. The van der Waals surface area contributed by atoms with E-state index in [0.717, 1.165) is 43.4 Å². The Bertz CT molecular complexity index is 723. The standard InChI is InChI=1S/C18H20N2O3/c21-18(17-14-7-3-4-8-15(14)23-20-17)19-11-16-13-6-2-1-5-12(13)9-10-22-16/h1-2,5-6,16H,3-4,7-11H2,(H,19,21)/t16-/m0/s1. The molecule has 1 aromatic heterocycles. The van der Waals surface area contributed by atoms with Crippen molar-refractivity contribution < 1.29 is 14.1 Å². The molecule has 2 heterocycles. The highest BCUT2D eigenvalue weighted by molar-refractivity contribution is 5.93. The molecule has 2 aliphatic rings. The molecular formula is C18H20N2O3. The number of amides is 1. The summed E-state index contributed by atoms with van der Waals surface area (Å²) in [4.78, 5) is 12.4. The van der Waals surface area contributed by atoms with Gasteiger partial charge in [-0.25, -0.2) is 0 Å². The number of benzene rings is 1. The number of fused-ring (bicyclic) bond motifs is 2. The van der Waals surface area contributed by atoms with Crippen molar-refractivity contribution >= 4 is 5.91 Å². The van der Waals surface area contributed by atoms with E-state index in [1.54, 1.807) is 0 Å². The first-order chi connectivity index (χ1) is 11.3. The smallest absolute Gasteiger partial charge is 0.273 e. The second-order valence-electron chi connectivity index (χ2n) is 6.16. The average molecular weight is 312 g/mol. The van der Waals surface area contributed by atoms with Crippen molar-refractivity contribution in [3.8, 4) is 0 Å². The van der Waals surface area contributed by atoms with Crippen LogP contribution in [0.3, 0.4) is 0 Å². The number of carbonyl (C=O) groups is 1. The fraction of sp³-hybridized carbons (Fsp3) is 0.444. The van der Waals surface area contributed by atoms with Crippen LogP contribution in [0.1, 0.15) is 51.9 Å². The average Bonchev–Trinajstić information content (AvgIpc) is 3.04. The van der Waals surface area contributed by atoms with E-state index in [1.807, 2.05) is 12.1 Å². The highest BCUT2D eigenvalue weighted by Gasteiger charge is 2.26. The van der Waals surface area contributed by atoms with Crippen molar-refractivity contribution in [3.05, 3.63) is 52.4 Å². The monoisotopic (exact) mass is 312 g/mol. The van der Waals surface area contributed by atoms with Gasteiger partial charge in [0.25, 0.3) is 5.91 Å². The quantitative estimate of drug-likeness (QED) is 0.946. The molecule has 1 aliphatic carbocycles. The third-order valence-corrected chi connectivity index (χ3v) is 4.71. The Morgan fingerprint density at radius 2 is 2.09 bits per heavy atom. The first kappa shape index (κ1) is 14.5. The second kappa shape index (κ2) is 6.16. The van der Waals surface area contributed by atoms with Crippen LogP contribution in [0.15, 0.2) is 28.8 Å². The number of nitrogens with one attached hydrogen (secondary N) is 1. The molecule has 0 spiro atoms. The van der Waals surface area contributed by atoms with Gasteiger partial charge in [-0.3, -0.25) is 4.79 Å². The van der Waals surface area contributed by atoms with Crippen LogP contribution in [0.5, 0.6) is 0 Å². The summed E-state index contributed by atoms with van der Waals surface area (Å²) in [6, 6.07) is 8.25. The molecule has 5 heteroatoms. The van der Waals surface area contributed by atoms with Crippen molar-refractivity contribution in [2.45, 2.75) is 38.2 Å². The lowest BCUT2D eigenvalue weighted by molar-refractivity contribution is 0.0410. The molecule has 120 valence electrons. The van der Waals surface area contributed by atoms with Crippen LogP contribution >= 0.6 is 0 Å². The summed E-state index contributed by atoms with van der Waals surface area (Å²) in [6.07, 6.45) is 4.80. The zero-order chi connectivity index (χ0) is 15.6. The summed E-state index contributed by atoms with van der Waals surface area (Å²) < 4.78 is 11.1. The van der Waals surface area contributed by atoms with Crippen molar-refractivity contribution in [3.63, 3.8) is 0 Å². The fourth-order valence-corrected chi connectivity index (χ4v) is 3.48. The molecular weight excluding hydrogens is 292 g/mol. The Balaban J connectivity index is 1.46. The van der Waals surface area contributed by atoms with Crippen LogP contribution in [-0.4, -0.2) is 24.2 Å². The van der Waals surface area contributed by atoms with Gasteiger partial charge >= 0.3 is 0 Å². The zero-order valence-corrected chi connectivity index (χ0v) is 13.0. The van der Waals surface area contributed by atoms with Gasteiger partial charge in [-0.2, -0.15) is 0 Å². The lowest BCUT2D eigenvalue weighted by Crippen LogP contribution is -2.32. The van der Waals surface area contributed by atoms with Gasteiger partial charge in [0, 0.05) is 18.5 Å². The SMILES string of the molecule is O=C(NC[C@@H]1OCCc2ccccc21)c1noc2c1CCCC2. The zero-order valence-electron chi connectivity index (χ0n) is 13.0. The highest BCUT2D eigenvalue weighted by Crippen LogP contribution is 2.27. The Labute approximate surface area is 135 Å². The number of hydrogen-bond donors (Lipinski definition) is 1. The van der Waals surface area contributed by atoms with Gasteiger partial charge in [0.05, 0.1) is 6.61 Å². The second-order valence-corrected chi connectivity index (χ2v) is 6.16. The van der Waals surface area contributed by atoms with E-state index in [9.17, 15) is 4.79 Å². The molecule has 1 atom stereocenters. The van der Waals surface area contributed by atoms with Crippen molar-refractivity contribution in [2.24, 2.45) is 0 Å². The first-order valence-corrected chi connectivity index (χ1v) is 8.28. The molecule has 5 nitrogen and oxygen atoms in total. The summed E-state index contributed by atoms with van der Waals surface area (Å²) in [5.74, 6) is 0.712. The van der Waals surface area contributed by atoms with E-state index in [2.05, 4.69) is 22.6 Å². The van der Waals surface area contributed by atoms with E-state index >= 15 is 0 Å². The Morgan fingerprint density at radius 3 is 3.04 bits per heavy atom. The molecule has 0 fully saturated rings. The van der Waals surface area contributed by atoms with E-state index in [1.165, 1.54) is 11.1 Å². The molecule has 23 heavy (non-hydrogen) atoms. The van der Waals surface area contributed by atoms with Crippen molar-refractivity contribution in [1.82, 2.24) is 10.5 Å². The molecule has 0 saturated carbocycles. The fourth-order valence-electron chi connectivity index (χ4n) is 3.48. The molecule has 2 aromatic rings. The minimum Gasteiger partial charge on any atom is -0.371 e. The number of nitrogens with zero attached hydrogens (tertiary/aromatic N) is 1.